The van der Waals surface area contributed by atoms with Gasteiger partial charge in [-0.3, -0.25) is 4.99 Å². The number of nitrogens with two attached hydrogens (primary N) is 1. The van der Waals surface area contributed by atoms with Crippen molar-refractivity contribution in [2.45, 2.75) is 18.4 Å². The van der Waals surface area contributed by atoms with Crippen LogP contribution in [0.1, 0.15) is 17.7 Å². The number of aliphatic imine (C=N–C) groups is 1. The molecule has 120 valence electrons. The molecule has 0 radical (unpaired) electrons. The smallest absolute Gasteiger partial charge is 0.189 e. The average molecular weight is 348 g/mol. The van der Waals surface area contributed by atoms with E-state index >= 15 is 0 Å². The molecule has 1 saturated carbocycles. The van der Waals surface area contributed by atoms with E-state index in [4.69, 9.17) is 17.3 Å². The molecule has 1 aliphatic rings. The highest BCUT2D eigenvalue weighted by molar-refractivity contribution is 7.10. The number of carbonyl (C=O) groups is 1. The average Bonchev–Trinajstić information content (AvgIpc) is 3.29. The van der Waals surface area contributed by atoms with Gasteiger partial charge in [0.2, 0.25) is 0 Å². The Morgan fingerprint density at radius 1 is 1.43 bits per heavy atom. The zero-order valence-electron chi connectivity index (χ0n) is 12.8. The van der Waals surface area contributed by atoms with E-state index in [1.54, 1.807) is 18.4 Å². The van der Waals surface area contributed by atoms with E-state index in [1.807, 2.05) is 35.7 Å². The zero-order chi connectivity index (χ0) is 16.4. The number of thiophene rings is 1. The monoisotopic (exact) mass is 347 g/mol. The lowest BCUT2D eigenvalue weighted by Crippen LogP contribution is -2.51. The number of carbonyl (C=O) groups excluding carboxylic acids is 1. The van der Waals surface area contributed by atoms with Gasteiger partial charge in [0.15, 0.2) is 12.2 Å². The molecular formula is C17H18ClN3OS. The Labute approximate surface area is 144 Å². The predicted octanol–water partition coefficient (Wildman–Crippen LogP) is 3.41. The van der Waals surface area contributed by atoms with Crippen LogP contribution < -0.4 is 11.1 Å². The van der Waals surface area contributed by atoms with Crippen molar-refractivity contribution in [1.82, 2.24) is 5.32 Å². The number of hydrogen-bond acceptors (Lipinski definition) is 3. The largest absolute Gasteiger partial charge is 0.370 e. The van der Waals surface area contributed by atoms with E-state index in [9.17, 15) is 4.79 Å². The van der Waals surface area contributed by atoms with Crippen LogP contribution in [0.4, 0.5) is 0 Å². The molecule has 1 aromatic heterocycles. The summed E-state index contributed by atoms with van der Waals surface area (Å²) in [5, 5.41) is 5.87. The minimum atomic E-state index is -0.787. The lowest BCUT2D eigenvalue weighted by atomic mass is 9.92. The molecule has 0 saturated heterocycles. The fourth-order valence-electron chi connectivity index (χ4n) is 2.73. The normalized spacial score (nSPS) is 17.6. The van der Waals surface area contributed by atoms with Crippen LogP contribution in [-0.2, 0) is 10.3 Å². The number of nitrogens with one attached hydrogen (secondary N) is 1. The van der Waals surface area contributed by atoms with Gasteiger partial charge in [-0.25, -0.2) is 0 Å². The molecule has 0 spiro atoms. The summed E-state index contributed by atoms with van der Waals surface area (Å²) in [5.41, 5.74) is 7.14. The van der Waals surface area contributed by atoms with Crippen molar-refractivity contribution in [1.29, 1.82) is 0 Å². The molecule has 6 heteroatoms. The number of guanidine groups is 1. The van der Waals surface area contributed by atoms with Gasteiger partial charge in [-0.2, -0.15) is 0 Å². The van der Waals surface area contributed by atoms with Crippen LogP contribution in [-0.4, -0.2) is 19.3 Å². The molecule has 1 aliphatic carbocycles. The van der Waals surface area contributed by atoms with Gasteiger partial charge in [0.05, 0.1) is 0 Å². The van der Waals surface area contributed by atoms with E-state index < -0.39 is 5.54 Å². The van der Waals surface area contributed by atoms with E-state index in [0.29, 0.717) is 5.02 Å². The molecule has 1 fully saturated rings. The molecule has 0 amide bonds. The van der Waals surface area contributed by atoms with Crippen LogP contribution in [0.5, 0.6) is 0 Å². The molecule has 0 bridgehead atoms. The number of rotatable bonds is 5. The molecule has 1 unspecified atom stereocenters. The van der Waals surface area contributed by atoms with E-state index in [1.165, 1.54) is 0 Å². The molecule has 1 aromatic carbocycles. The quantitative estimate of drug-likeness (QED) is 0.495. The topological polar surface area (TPSA) is 67.5 Å². The first-order valence-electron chi connectivity index (χ1n) is 7.41. The Kier molecular flexibility index (Phi) is 4.41. The number of aldehydes is 1. The second-order valence-corrected chi connectivity index (χ2v) is 7.05. The van der Waals surface area contributed by atoms with Gasteiger partial charge in [-0.1, -0.05) is 23.7 Å². The molecule has 3 rings (SSSR count). The van der Waals surface area contributed by atoms with Crippen molar-refractivity contribution in [2.24, 2.45) is 16.6 Å². The fourth-order valence-corrected chi connectivity index (χ4v) is 4.03. The first-order valence-corrected chi connectivity index (χ1v) is 8.66. The van der Waals surface area contributed by atoms with Gasteiger partial charge in [-0.15, -0.1) is 11.3 Å². The molecule has 1 heterocycles. The second-order valence-electron chi connectivity index (χ2n) is 5.70. The maximum atomic E-state index is 12.0. The number of halogens is 1. The van der Waals surface area contributed by atoms with Crippen LogP contribution >= 0.6 is 22.9 Å². The Morgan fingerprint density at radius 2 is 2.22 bits per heavy atom. The SMILES string of the molecule is CN=C(N)NC(C=O)(c1cc(-c2cccc(Cl)c2)cs1)C1CC1. The van der Waals surface area contributed by atoms with Gasteiger partial charge >= 0.3 is 0 Å². The maximum absolute atomic E-state index is 12.0. The summed E-state index contributed by atoms with van der Waals surface area (Å²) in [6.45, 7) is 0. The van der Waals surface area contributed by atoms with E-state index in [0.717, 1.165) is 35.1 Å². The summed E-state index contributed by atoms with van der Waals surface area (Å²) >= 11 is 7.62. The Bertz CT molecular complexity index is 754. The van der Waals surface area contributed by atoms with Gasteiger partial charge in [0.25, 0.3) is 0 Å². The number of benzene rings is 1. The molecule has 4 nitrogen and oxygen atoms in total. The second kappa shape index (κ2) is 6.34. The van der Waals surface area contributed by atoms with Gasteiger partial charge in [0, 0.05) is 16.9 Å². The highest BCUT2D eigenvalue weighted by atomic mass is 35.5. The maximum Gasteiger partial charge on any atom is 0.189 e. The predicted molar refractivity (Wildman–Crippen MR) is 95.9 cm³/mol. The lowest BCUT2D eigenvalue weighted by molar-refractivity contribution is -0.113. The van der Waals surface area contributed by atoms with E-state index in [-0.39, 0.29) is 11.9 Å². The minimum absolute atomic E-state index is 0.256. The zero-order valence-corrected chi connectivity index (χ0v) is 14.3. The minimum Gasteiger partial charge on any atom is -0.370 e. The van der Waals surface area contributed by atoms with Crippen LogP contribution in [0.25, 0.3) is 11.1 Å². The Balaban J connectivity index is 2.00. The molecule has 23 heavy (non-hydrogen) atoms. The van der Waals surface area contributed by atoms with Crippen LogP contribution in [0.3, 0.4) is 0 Å². The van der Waals surface area contributed by atoms with Crippen LogP contribution in [0, 0.1) is 5.92 Å². The first kappa shape index (κ1) is 16.0. The molecule has 0 aliphatic heterocycles. The number of hydrogen-bond donors (Lipinski definition) is 2. The van der Waals surface area contributed by atoms with E-state index in [2.05, 4.69) is 10.3 Å². The molecule has 1 atom stereocenters. The van der Waals surface area contributed by atoms with Crippen molar-refractivity contribution in [3.05, 3.63) is 45.6 Å². The van der Waals surface area contributed by atoms with Crippen molar-refractivity contribution >= 4 is 35.2 Å². The first-order chi connectivity index (χ1) is 11.1. The summed E-state index contributed by atoms with van der Waals surface area (Å²) in [6, 6.07) is 9.73. The Morgan fingerprint density at radius 3 is 2.83 bits per heavy atom. The van der Waals surface area contributed by atoms with Gasteiger partial charge < -0.3 is 15.8 Å². The third-order valence-corrected chi connectivity index (χ3v) is 5.46. The highest BCUT2D eigenvalue weighted by Gasteiger charge is 2.48. The summed E-state index contributed by atoms with van der Waals surface area (Å²) in [5.74, 6) is 0.535. The summed E-state index contributed by atoms with van der Waals surface area (Å²) < 4.78 is 0. The summed E-state index contributed by atoms with van der Waals surface area (Å²) in [6.07, 6.45) is 2.98. The van der Waals surface area contributed by atoms with Crippen LogP contribution in [0.2, 0.25) is 5.02 Å². The van der Waals surface area contributed by atoms with Crippen LogP contribution in [0.15, 0.2) is 40.7 Å². The molecule has 3 N–H and O–H groups in total. The summed E-state index contributed by atoms with van der Waals surface area (Å²) in [4.78, 5) is 16.9. The van der Waals surface area contributed by atoms with Crippen molar-refractivity contribution in [2.75, 3.05) is 7.05 Å². The highest BCUT2D eigenvalue weighted by Crippen LogP contribution is 2.47. The van der Waals surface area contributed by atoms with Crippen molar-refractivity contribution in [3.63, 3.8) is 0 Å². The molecule has 2 aromatic rings. The van der Waals surface area contributed by atoms with Gasteiger partial charge in [0.1, 0.15) is 5.54 Å². The lowest BCUT2D eigenvalue weighted by Gasteiger charge is -2.28. The van der Waals surface area contributed by atoms with Gasteiger partial charge in [-0.05, 0) is 53.5 Å². The fraction of sp³-hybridized carbons (Fsp3) is 0.294. The molecular weight excluding hydrogens is 330 g/mol. The standard InChI is InChI=1S/C17H18ClN3OS/c1-20-16(19)21-17(10-22,13-5-6-13)15-8-12(9-23-15)11-3-2-4-14(18)7-11/h2-4,7-10,13H,5-6H2,1H3,(H3,19,20,21). The Hall–Kier alpha value is -1.85. The summed E-state index contributed by atoms with van der Waals surface area (Å²) in [7, 11) is 1.61. The third kappa shape index (κ3) is 3.12. The third-order valence-electron chi connectivity index (χ3n) is 4.15. The van der Waals surface area contributed by atoms with Crippen molar-refractivity contribution in [3.8, 4) is 11.1 Å². The van der Waals surface area contributed by atoms with Crippen molar-refractivity contribution < 1.29 is 4.79 Å². The number of nitrogens with zero attached hydrogens (tertiary/aromatic N) is 1.